The lowest BCUT2D eigenvalue weighted by Crippen LogP contribution is -2.57. The quantitative estimate of drug-likeness (QED) is 0.798. The molecular weight excluding hydrogens is 378 g/mol. The first-order valence-electron chi connectivity index (χ1n) is 9.52. The maximum atomic E-state index is 12.5. The van der Waals surface area contributed by atoms with Crippen molar-refractivity contribution in [2.75, 3.05) is 38.7 Å². The van der Waals surface area contributed by atoms with Gasteiger partial charge in [-0.15, -0.1) is 11.3 Å². The standard InChI is InChI=1S/C20H25N3O4S/c1-26-15-5-3-14(4-6-15)16-12-28-19(21-16)22-18(25)11-23-9-7-17(24)20(13-23)8-2-10-27-20/h3-6,12,17,24H,2,7-11,13H2,1H3,(H,21,22,25)/t17-,20-/m0/s1. The molecule has 1 aromatic heterocycles. The van der Waals surface area contributed by atoms with Gasteiger partial charge >= 0.3 is 0 Å². The fourth-order valence-corrected chi connectivity index (χ4v) is 4.70. The van der Waals surface area contributed by atoms with Crippen molar-refractivity contribution in [1.82, 2.24) is 9.88 Å². The number of amides is 1. The summed E-state index contributed by atoms with van der Waals surface area (Å²) in [6, 6.07) is 7.66. The lowest BCUT2D eigenvalue weighted by molar-refractivity contribution is -0.137. The number of carbonyl (C=O) groups is 1. The number of piperidine rings is 1. The Hall–Kier alpha value is -2.00. The van der Waals surface area contributed by atoms with Gasteiger partial charge in [0.1, 0.15) is 11.4 Å². The van der Waals surface area contributed by atoms with Gasteiger partial charge in [0.25, 0.3) is 0 Å². The van der Waals surface area contributed by atoms with Crippen LogP contribution in [0, 0.1) is 0 Å². The number of likely N-dealkylation sites (tertiary alicyclic amines) is 1. The zero-order valence-corrected chi connectivity index (χ0v) is 16.7. The van der Waals surface area contributed by atoms with Gasteiger partial charge < -0.3 is 19.9 Å². The van der Waals surface area contributed by atoms with E-state index in [-0.39, 0.29) is 12.5 Å². The van der Waals surface area contributed by atoms with Crippen LogP contribution in [0.4, 0.5) is 5.13 Å². The number of ether oxygens (including phenoxy) is 2. The van der Waals surface area contributed by atoms with E-state index >= 15 is 0 Å². The van der Waals surface area contributed by atoms with Crippen LogP contribution in [-0.2, 0) is 9.53 Å². The largest absolute Gasteiger partial charge is 0.497 e. The molecule has 4 rings (SSSR count). The van der Waals surface area contributed by atoms with Gasteiger partial charge in [0.2, 0.25) is 5.91 Å². The van der Waals surface area contributed by atoms with E-state index in [2.05, 4.69) is 15.2 Å². The number of methoxy groups -OCH3 is 1. The highest BCUT2D eigenvalue weighted by atomic mass is 32.1. The van der Waals surface area contributed by atoms with E-state index in [4.69, 9.17) is 9.47 Å². The number of aliphatic hydroxyl groups is 1. The Labute approximate surface area is 168 Å². The van der Waals surface area contributed by atoms with Crippen molar-refractivity contribution in [2.45, 2.75) is 31.0 Å². The normalized spacial score (nSPS) is 25.1. The summed E-state index contributed by atoms with van der Waals surface area (Å²) in [5.41, 5.74) is 1.30. The molecule has 1 aromatic carbocycles. The first kappa shape index (κ1) is 19.3. The Morgan fingerprint density at radius 2 is 2.29 bits per heavy atom. The number of rotatable bonds is 5. The van der Waals surface area contributed by atoms with Crippen LogP contribution in [0.3, 0.4) is 0 Å². The zero-order chi connectivity index (χ0) is 19.6. The molecule has 28 heavy (non-hydrogen) atoms. The predicted molar refractivity (Wildman–Crippen MR) is 108 cm³/mol. The van der Waals surface area contributed by atoms with Gasteiger partial charge in [0.05, 0.1) is 25.5 Å². The molecule has 2 aromatic rings. The first-order valence-corrected chi connectivity index (χ1v) is 10.4. The van der Waals surface area contributed by atoms with E-state index in [9.17, 15) is 9.90 Å². The number of thiazole rings is 1. The van der Waals surface area contributed by atoms with Gasteiger partial charge in [-0.05, 0) is 43.5 Å². The number of hydrogen-bond acceptors (Lipinski definition) is 7. The highest BCUT2D eigenvalue weighted by molar-refractivity contribution is 7.14. The molecule has 2 atom stereocenters. The molecule has 1 spiro atoms. The minimum absolute atomic E-state index is 0.0971. The zero-order valence-electron chi connectivity index (χ0n) is 15.9. The number of anilines is 1. The Morgan fingerprint density at radius 3 is 3.00 bits per heavy atom. The van der Waals surface area contributed by atoms with Crippen molar-refractivity contribution >= 4 is 22.4 Å². The van der Waals surface area contributed by atoms with E-state index < -0.39 is 11.7 Å². The molecule has 7 nitrogen and oxygen atoms in total. The summed E-state index contributed by atoms with van der Waals surface area (Å²) < 4.78 is 11.0. The smallest absolute Gasteiger partial charge is 0.240 e. The fraction of sp³-hybridized carbons (Fsp3) is 0.500. The molecule has 2 N–H and O–H groups in total. The molecule has 2 aliphatic heterocycles. The number of nitrogens with zero attached hydrogens (tertiary/aromatic N) is 2. The molecule has 0 aliphatic carbocycles. The van der Waals surface area contributed by atoms with Gasteiger partial charge in [0, 0.05) is 30.6 Å². The summed E-state index contributed by atoms with van der Waals surface area (Å²) in [7, 11) is 1.63. The van der Waals surface area contributed by atoms with Crippen LogP contribution in [-0.4, -0.2) is 66.0 Å². The third-order valence-corrected chi connectivity index (χ3v) is 6.21. The number of aliphatic hydroxyl groups excluding tert-OH is 1. The van der Waals surface area contributed by atoms with Crippen LogP contribution < -0.4 is 10.1 Å². The average Bonchev–Trinajstić information content (AvgIpc) is 3.35. The lowest BCUT2D eigenvalue weighted by atomic mass is 9.87. The van der Waals surface area contributed by atoms with Crippen molar-refractivity contribution < 1.29 is 19.4 Å². The molecule has 0 bridgehead atoms. The van der Waals surface area contributed by atoms with Crippen molar-refractivity contribution in [1.29, 1.82) is 0 Å². The van der Waals surface area contributed by atoms with Crippen LogP contribution in [0.1, 0.15) is 19.3 Å². The molecule has 0 unspecified atom stereocenters. The second kappa shape index (κ2) is 8.16. The third-order valence-electron chi connectivity index (χ3n) is 5.45. The van der Waals surface area contributed by atoms with Gasteiger partial charge in [-0.1, -0.05) is 0 Å². The van der Waals surface area contributed by atoms with E-state index in [1.165, 1.54) is 11.3 Å². The van der Waals surface area contributed by atoms with Crippen molar-refractivity contribution in [3.05, 3.63) is 29.6 Å². The van der Waals surface area contributed by atoms with Crippen molar-refractivity contribution in [2.24, 2.45) is 0 Å². The van der Waals surface area contributed by atoms with Gasteiger partial charge in [0.15, 0.2) is 5.13 Å². The maximum Gasteiger partial charge on any atom is 0.240 e. The first-order chi connectivity index (χ1) is 13.6. The number of carbonyl (C=O) groups excluding carboxylic acids is 1. The van der Waals surface area contributed by atoms with Crippen LogP contribution in [0.2, 0.25) is 0 Å². The minimum atomic E-state index is -0.499. The highest BCUT2D eigenvalue weighted by Crippen LogP contribution is 2.34. The SMILES string of the molecule is COc1ccc(-c2csc(NC(=O)CN3CC[C@H](O)[C@]4(CCCO4)C3)n2)cc1. The summed E-state index contributed by atoms with van der Waals surface area (Å²) in [6.07, 6.45) is 2.00. The van der Waals surface area contributed by atoms with Crippen molar-refractivity contribution in [3.8, 4) is 17.0 Å². The van der Waals surface area contributed by atoms with E-state index in [1.807, 2.05) is 29.6 Å². The number of hydrogen-bond donors (Lipinski definition) is 2. The van der Waals surface area contributed by atoms with Crippen LogP contribution in [0.5, 0.6) is 5.75 Å². The number of nitrogens with one attached hydrogen (secondary N) is 1. The van der Waals surface area contributed by atoms with Gasteiger partial charge in [-0.25, -0.2) is 4.98 Å². The molecule has 150 valence electrons. The van der Waals surface area contributed by atoms with Gasteiger partial charge in [-0.3, -0.25) is 9.69 Å². The van der Waals surface area contributed by atoms with Crippen molar-refractivity contribution in [3.63, 3.8) is 0 Å². The molecule has 3 heterocycles. The number of benzene rings is 1. The molecule has 8 heteroatoms. The molecule has 0 saturated carbocycles. The Morgan fingerprint density at radius 1 is 1.46 bits per heavy atom. The predicted octanol–water partition coefficient (Wildman–Crippen LogP) is 2.37. The Bertz CT molecular complexity index is 817. The summed E-state index contributed by atoms with van der Waals surface area (Å²) in [4.78, 5) is 19.1. The Kier molecular flexibility index (Phi) is 5.63. The lowest BCUT2D eigenvalue weighted by Gasteiger charge is -2.42. The second-order valence-corrected chi connectivity index (χ2v) is 8.20. The van der Waals surface area contributed by atoms with E-state index in [1.54, 1.807) is 7.11 Å². The second-order valence-electron chi connectivity index (χ2n) is 7.35. The topological polar surface area (TPSA) is 83.9 Å². The van der Waals surface area contributed by atoms with Crippen LogP contribution >= 0.6 is 11.3 Å². The number of aromatic nitrogens is 1. The Balaban J connectivity index is 1.34. The monoisotopic (exact) mass is 403 g/mol. The third kappa shape index (κ3) is 4.05. The molecule has 1 amide bonds. The molecule has 2 fully saturated rings. The molecule has 2 aliphatic rings. The van der Waals surface area contributed by atoms with Crippen LogP contribution in [0.15, 0.2) is 29.6 Å². The molecule has 2 saturated heterocycles. The van der Waals surface area contributed by atoms with Crippen LogP contribution in [0.25, 0.3) is 11.3 Å². The molecular formula is C20H25N3O4S. The molecule has 0 radical (unpaired) electrons. The van der Waals surface area contributed by atoms with Gasteiger partial charge in [-0.2, -0.15) is 0 Å². The maximum absolute atomic E-state index is 12.5. The summed E-state index contributed by atoms with van der Waals surface area (Å²) in [6.45, 7) is 2.24. The average molecular weight is 404 g/mol. The van der Waals surface area contributed by atoms with E-state index in [0.717, 1.165) is 29.8 Å². The fourth-order valence-electron chi connectivity index (χ4n) is 3.96. The highest BCUT2D eigenvalue weighted by Gasteiger charge is 2.46. The minimum Gasteiger partial charge on any atom is -0.497 e. The summed E-state index contributed by atoms with van der Waals surface area (Å²) in [5.74, 6) is 0.698. The summed E-state index contributed by atoms with van der Waals surface area (Å²) in [5, 5.41) is 15.7. The summed E-state index contributed by atoms with van der Waals surface area (Å²) >= 11 is 1.41. The van der Waals surface area contributed by atoms with E-state index in [0.29, 0.717) is 31.2 Å².